The quantitative estimate of drug-likeness (QED) is 0.419. The van der Waals surface area contributed by atoms with Gasteiger partial charge in [0.25, 0.3) is 0 Å². The SMILES string of the molecule is COC1CN(Cc2cnc3oc4c(N5CCOCC5)nc(-c5cccc6c5C(F)=CC6)nc4c3c2)C1. The van der Waals surface area contributed by atoms with E-state index in [-0.39, 0.29) is 5.83 Å². The van der Waals surface area contributed by atoms with Crippen LogP contribution >= 0.6 is 0 Å². The number of aromatic nitrogens is 3. The monoisotopic (exact) mass is 487 g/mol. The number of hydrogen-bond acceptors (Lipinski definition) is 8. The zero-order valence-electron chi connectivity index (χ0n) is 20.0. The number of morpholine rings is 1. The van der Waals surface area contributed by atoms with Crippen molar-refractivity contribution < 1.29 is 18.3 Å². The van der Waals surface area contributed by atoms with E-state index in [9.17, 15) is 4.39 Å². The molecule has 3 aromatic heterocycles. The molecule has 0 atom stereocenters. The van der Waals surface area contributed by atoms with Gasteiger partial charge in [-0.3, -0.25) is 4.90 Å². The second kappa shape index (κ2) is 8.62. The summed E-state index contributed by atoms with van der Waals surface area (Å²) in [4.78, 5) is 19.0. The Bertz CT molecular complexity index is 1500. The van der Waals surface area contributed by atoms with E-state index in [4.69, 9.17) is 23.9 Å². The van der Waals surface area contributed by atoms with Gasteiger partial charge in [-0.15, -0.1) is 0 Å². The number of allylic oxidation sites excluding steroid dienone is 1. The summed E-state index contributed by atoms with van der Waals surface area (Å²) < 4.78 is 32.0. The van der Waals surface area contributed by atoms with Crippen molar-refractivity contribution >= 4 is 33.8 Å². The van der Waals surface area contributed by atoms with E-state index in [1.807, 2.05) is 24.4 Å². The van der Waals surface area contributed by atoms with Crippen LogP contribution in [0.15, 0.2) is 41.0 Å². The number of rotatable bonds is 5. The Kier molecular flexibility index (Phi) is 5.23. The molecule has 0 saturated carbocycles. The summed E-state index contributed by atoms with van der Waals surface area (Å²) in [6.45, 7) is 5.21. The first kappa shape index (κ1) is 21.8. The van der Waals surface area contributed by atoms with Crippen LogP contribution < -0.4 is 4.90 Å². The molecule has 1 aromatic carbocycles. The highest BCUT2D eigenvalue weighted by atomic mass is 19.1. The van der Waals surface area contributed by atoms with Crippen LogP contribution in [-0.2, 0) is 22.4 Å². The standard InChI is InChI=1S/C27H26FN5O3/c1-34-18-14-32(15-18)13-16-11-20-23-24(36-27(20)29-12-16)26(33-7-9-35-10-8-33)31-25(30-23)19-4-2-3-17-5-6-21(28)22(17)19/h2-4,6,11-12,18H,5,7-10,13-15H2,1H3. The number of nitrogens with zero attached hydrogens (tertiary/aromatic N) is 5. The number of pyridine rings is 1. The number of halogens is 1. The number of methoxy groups -OCH3 is 1. The molecule has 9 heteroatoms. The van der Waals surface area contributed by atoms with E-state index in [1.54, 1.807) is 13.2 Å². The highest BCUT2D eigenvalue weighted by Crippen LogP contribution is 2.39. The molecule has 0 unspecified atom stereocenters. The summed E-state index contributed by atoms with van der Waals surface area (Å²) in [7, 11) is 1.75. The van der Waals surface area contributed by atoms with Crippen LogP contribution in [-0.4, -0.2) is 72.5 Å². The third-order valence-electron chi connectivity index (χ3n) is 7.31. The topological polar surface area (TPSA) is 76.8 Å². The van der Waals surface area contributed by atoms with Crippen LogP contribution in [0.1, 0.15) is 16.7 Å². The van der Waals surface area contributed by atoms with E-state index in [2.05, 4.69) is 20.9 Å². The summed E-state index contributed by atoms with van der Waals surface area (Å²) in [5.74, 6) is 0.968. The Morgan fingerprint density at radius 3 is 2.86 bits per heavy atom. The molecule has 36 heavy (non-hydrogen) atoms. The molecule has 0 amide bonds. The van der Waals surface area contributed by atoms with Crippen molar-refractivity contribution in [2.75, 3.05) is 51.4 Å². The maximum Gasteiger partial charge on any atom is 0.229 e. The lowest BCUT2D eigenvalue weighted by molar-refractivity contribution is -0.0334. The number of fused-ring (bicyclic) bond motifs is 4. The van der Waals surface area contributed by atoms with Crippen LogP contribution in [0.5, 0.6) is 0 Å². The lowest BCUT2D eigenvalue weighted by Crippen LogP contribution is -2.50. The number of furan rings is 1. The Morgan fingerprint density at radius 2 is 2.03 bits per heavy atom. The molecule has 2 fully saturated rings. The van der Waals surface area contributed by atoms with Crippen molar-refractivity contribution in [2.24, 2.45) is 0 Å². The number of likely N-dealkylation sites (tertiary alicyclic amines) is 1. The molecular formula is C27H26FN5O3. The molecule has 184 valence electrons. The average molecular weight is 488 g/mol. The number of anilines is 1. The molecule has 0 bridgehead atoms. The summed E-state index contributed by atoms with van der Waals surface area (Å²) in [6, 6.07) is 7.89. The molecule has 5 heterocycles. The molecule has 2 saturated heterocycles. The molecule has 1 aliphatic carbocycles. The highest BCUT2D eigenvalue weighted by molar-refractivity contribution is 6.05. The number of hydrogen-bond donors (Lipinski definition) is 0. The minimum absolute atomic E-state index is 0.220. The molecule has 0 radical (unpaired) electrons. The molecule has 2 aliphatic heterocycles. The average Bonchev–Trinajstić information content (AvgIpc) is 3.46. The number of ether oxygens (including phenoxy) is 2. The van der Waals surface area contributed by atoms with Crippen molar-refractivity contribution in [2.45, 2.75) is 19.1 Å². The fourth-order valence-corrected chi connectivity index (χ4v) is 5.35. The molecule has 0 N–H and O–H groups in total. The third kappa shape index (κ3) is 3.57. The summed E-state index contributed by atoms with van der Waals surface area (Å²) in [5.41, 5.74) is 5.14. The second-order valence-electron chi connectivity index (χ2n) is 9.59. The van der Waals surface area contributed by atoms with E-state index in [0.29, 0.717) is 78.4 Å². The second-order valence-corrected chi connectivity index (χ2v) is 9.59. The Balaban J connectivity index is 1.38. The Morgan fingerprint density at radius 1 is 1.17 bits per heavy atom. The van der Waals surface area contributed by atoms with E-state index in [1.165, 1.54) is 0 Å². The molecular weight excluding hydrogens is 461 g/mol. The predicted octanol–water partition coefficient (Wildman–Crippen LogP) is 3.97. The minimum atomic E-state index is -0.220. The normalized spacial score (nSPS) is 18.6. The fraction of sp³-hybridized carbons (Fsp3) is 0.370. The van der Waals surface area contributed by atoms with Crippen LogP contribution in [0.25, 0.3) is 39.4 Å². The van der Waals surface area contributed by atoms with Crippen molar-refractivity contribution in [1.82, 2.24) is 19.9 Å². The van der Waals surface area contributed by atoms with Crippen molar-refractivity contribution in [3.63, 3.8) is 0 Å². The first-order valence-electron chi connectivity index (χ1n) is 12.3. The lowest BCUT2D eigenvalue weighted by Gasteiger charge is -2.38. The maximum atomic E-state index is 14.8. The molecule has 8 nitrogen and oxygen atoms in total. The first-order valence-corrected chi connectivity index (χ1v) is 12.3. The molecule has 3 aliphatic rings. The van der Waals surface area contributed by atoms with Crippen molar-refractivity contribution in [1.29, 1.82) is 0 Å². The van der Waals surface area contributed by atoms with Gasteiger partial charge >= 0.3 is 0 Å². The Hall–Kier alpha value is -3.40. The van der Waals surface area contributed by atoms with Crippen molar-refractivity contribution in [3.05, 3.63) is 53.2 Å². The highest BCUT2D eigenvalue weighted by Gasteiger charge is 2.28. The molecule has 7 rings (SSSR count). The van der Waals surface area contributed by atoms with Crippen LogP contribution in [0.4, 0.5) is 10.2 Å². The minimum Gasteiger partial charge on any atom is -0.432 e. The van der Waals surface area contributed by atoms with Gasteiger partial charge < -0.3 is 18.8 Å². The van der Waals surface area contributed by atoms with Crippen molar-refractivity contribution in [3.8, 4) is 11.4 Å². The van der Waals surface area contributed by atoms with Gasteiger partial charge in [-0.2, -0.15) is 0 Å². The maximum absolute atomic E-state index is 14.8. The van der Waals surface area contributed by atoms with Gasteiger partial charge in [0.1, 0.15) is 11.3 Å². The smallest absolute Gasteiger partial charge is 0.229 e. The largest absolute Gasteiger partial charge is 0.432 e. The summed E-state index contributed by atoms with van der Waals surface area (Å²) >= 11 is 0. The van der Waals surface area contributed by atoms with Gasteiger partial charge in [0.15, 0.2) is 17.2 Å². The van der Waals surface area contributed by atoms with Crippen LogP contribution in [0.2, 0.25) is 0 Å². The van der Waals surface area contributed by atoms with Gasteiger partial charge in [-0.05, 0) is 29.7 Å². The first-order chi connectivity index (χ1) is 17.7. The van der Waals surface area contributed by atoms with Gasteiger partial charge in [-0.25, -0.2) is 19.3 Å². The lowest BCUT2D eigenvalue weighted by atomic mass is 10.0. The predicted molar refractivity (Wildman–Crippen MR) is 134 cm³/mol. The van der Waals surface area contributed by atoms with E-state index in [0.717, 1.165) is 36.1 Å². The fourth-order valence-electron chi connectivity index (χ4n) is 5.35. The number of benzene rings is 1. The van der Waals surface area contributed by atoms with Gasteiger partial charge in [0.05, 0.1) is 24.7 Å². The summed E-state index contributed by atoms with van der Waals surface area (Å²) in [5, 5.41) is 0.841. The van der Waals surface area contributed by atoms with E-state index < -0.39 is 0 Å². The van der Waals surface area contributed by atoms with Gasteiger partial charge in [0, 0.05) is 57.2 Å². The third-order valence-corrected chi connectivity index (χ3v) is 7.31. The summed E-state index contributed by atoms with van der Waals surface area (Å²) in [6.07, 6.45) is 4.35. The zero-order valence-corrected chi connectivity index (χ0v) is 20.0. The Labute approximate surface area is 207 Å². The van der Waals surface area contributed by atoms with Gasteiger partial charge in [0.2, 0.25) is 5.71 Å². The van der Waals surface area contributed by atoms with Crippen LogP contribution in [0.3, 0.4) is 0 Å². The van der Waals surface area contributed by atoms with E-state index >= 15 is 0 Å². The van der Waals surface area contributed by atoms with Gasteiger partial charge in [-0.1, -0.05) is 18.2 Å². The molecule has 0 spiro atoms. The zero-order chi connectivity index (χ0) is 24.2. The molecule has 4 aromatic rings. The van der Waals surface area contributed by atoms with Crippen LogP contribution in [0, 0.1) is 0 Å².